The van der Waals surface area contributed by atoms with E-state index < -0.39 is 0 Å². The number of aromatic nitrogens is 2. The van der Waals surface area contributed by atoms with Gasteiger partial charge in [-0.05, 0) is 11.1 Å². The van der Waals surface area contributed by atoms with Gasteiger partial charge in [0.1, 0.15) is 5.82 Å². The zero-order valence-corrected chi connectivity index (χ0v) is 11.7. The molecular weight excluding hydrogens is 252 g/mol. The Balaban J connectivity index is 1.82. The third-order valence-corrected chi connectivity index (χ3v) is 3.28. The number of hydrogen-bond acceptors (Lipinski definition) is 3. The highest BCUT2D eigenvalue weighted by Gasteiger charge is 2.07. The quantitative estimate of drug-likeness (QED) is 0.816. The molecule has 1 heterocycles. The van der Waals surface area contributed by atoms with E-state index in [0.717, 1.165) is 23.4 Å². The zero-order chi connectivity index (χ0) is 14.4. The Bertz CT molecular complexity index is 577. The fraction of sp³-hybridized carbons (Fsp3) is 0.333. The van der Waals surface area contributed by atoms with Crippen molar-refractivity contribution in [3.63, 3.8) is 0 Å². The molecule has 0 bridgehead atoms. The first kappa shape index (κ1) is 14.3. The Hall–Kier alpha value is -2.14. The molecule has 3 N–H and O–H groups in total. The Morgan fingerprint density at radius 3 is 2.75 bits per heavy atom. The second-order valence-corrected chi connectivity index (χ2v) is 4.70. The van der Waals surface area contributed by atoms with E-state index in [1.165, 1.54) is 0 Å². The third kappa shape index (κ3) is 3.68. The molecule has 1 amide bonds. The maximum absolute atomic E-state index is 11.9. The summed E-state index contributed by atoms with van der Waals surface area (Å²) in [6.07, 6.45) is 4.75. The minimum atomic E-state index is 0.0140. The highest BCUT2D eigenvalue weighted by Crippen LogP contribution is 2.08. The normalized spacial score (nSPS) is 10.5. The van der Waals surface area contributed by atoms with Crippen LogP contribution < -0.4 is 11.1 Å². The van der Waals surface area contributed by atoms with E-state index >= 15 is 0 Å². The topological polar surface area (TPSA) is 72.9 Å². The first-order chi connectivity index (χ1) is 9.70. The molecule has 20 heavy (non-hydrogen) atoms. The second-order valence-electron chi connectivity index (χ2n) is 4.70. The summed E-state index contributed by atoms with van der Waals surface area (Å²) in [4.78, 5) is 16.1. The fourth-order valence-corrected chi connectivity index (χ4v) is 2.12. The largest absolute Gasteiger partial charge is 0.355 e. The Kier molecular flexibility index (Phi) is 4.90. The van der Waals surface area contributed by atoms with Gasteiger partial charge in [-0.15, -0.1) is 0 Å². The van der Waals surface area contributed by atoms with Crippen molar-refractivity contribution in [2.75, 3.05) is 6.54 Å². The summed E-state index contributed by atoms with van der Waals surface area (Å²) in [5.74, 6) is 0.979. The number of rotatable bonds is 6. The maximum Gasteiger partial charge on any atom is 0.224 e. The summed E-state index contributed by atoms with van der Waals surface area (Å²) in [5.41, 5.74) is 7.67. The summed E-state index contributed by atoms with van der Waals surface area (Å²) >= 11 is 0. The van der Waals surface area contributed by atoms with E-state index in [1.54, 1.807) is 6.20 Å². The number of benzene rings is 1. The van der Waals surface area contributed by atoms with Crippen LogP contribution in [0.5, 0.6) is 0 Å². The number of amides is 1. The van der Waals surface area contributed by atoms with E-state index in [2.05, 4.69) is 10.3 Å². The first-order valence-electron chi connectivity index (χ1n) is 6.70. The van der Waals surface area contributed by atoms with Gasteiger partial charge in [0, 0.05) is 39.0 Å². The van der Waals surface area contributed by atoms with Crippen molar-refractivity contribution in [1.82, 2.24) is 14.9 Å². The molecule has 0 saturated carbocycles. The molecule has 0 aliphatic carbocycles. The van der Waals surface area contributed by atoms with Gasteiger partial charge in [-0.25, -0.2) is 4.98 Å². The monoisotopic (exact) mass is 272 g/mol. The molecule has 1 aromatic heterocycles. The molecule has 0 unspecified atom stereocenters. The van der Waals surface area contributed by atoms with Crippen LogP contribution in [-0.2, 0) is 31.2 Å². The third-order valence-electron chi connectivity index (χ3n) is 3.28. The van der Waals surface area contributed by atoms with Crippen molar-refractivity contribution in [2.24, 2.45) is 12.8 Å². The molecule has 0 fully saturated rings. The molecule has 1 aromatic carbocycles. The Morgan fingerprint density at radius 2 is 2.10 bits per heavy atom. The van der Waals surface area contributed by atoms with Crippen molar-refractivity contribution < 1.29 is 4.79 Å². The van der Waals surface area contributed by atoms with Gasteiger partial charge in [0.15, 0.2) is 0 Å². The average molecular weight is 272 g/mol. The molecule has 0 radical (unpaired) electrons. The second kappa shape index (κ2) is 6.86. The molecular formula is C15H20N4O. The van der Waals surface area contributed by atoms with Gasteiger partial charge in [-0.3, -0.25) is 4.79 Å². The fourth-order valence-electron chi connectivity index (χ4n) is 2.12. The van der Waals surface area contributed by atoms with Gasteiger partial charge in [0.05, 0.1) is 6.42 Å². The molecule has 0 saturated heterocycles. The highest BCUT2D eigenvalue weighted by molar-refractivity contribution is 5.78. The summed E-state index contributed by atoms with van der Waals surface area (Å²) in [5, 5.41) is 2.91. The highest BCUT2D eigenvalue weighted by atomic mass is 16.1. The molecule has 0 spiro atoms. The van der Waals surface area contributed by atoms with Crippen LogP contribution in [0.2, 0.25) is 0 Å². The zero-order valence-electron chi connectivity index (χ0n) is 11.7. The van der Waals surface area contributed by atoms with E-state index in [1.807, 2.05) is 42.1 Å². The summed E-state index contributed by atoms with van der Waals surface area (Å²) < 4.78 is 1.95. The van der Waals surface area contributed by atoms with E-state index in [9.17, 15) is 4.79 Å². The number of imidazole rings is 1. The van der Waals surface area contributed by atoms with E-state index in [-0.39, 0.29) is 5.91 Å². The standard InChI is InChI=1S/C15H20N4O/c1-19-9-8-17-14(19)6-7-18-15(20)10-12-4-2-3-5-13(12)11-16/h2-5,8-9H,6-7,10-11,16H2,1H3,(H,18,20). The van der Waals surface area contributed by atoms with Gasteiger partial charge < -0.3 is 15.6 Å². The lowest BCUT2D eigenvalue weighted by Crippen LogP contribution is -2.28. The van der Waals surface area contributed by atoms with Crippen LogP contribution in [0.1, 0.15) is 17.0 Å². The molecule has 0 aliphatic heterocycles. The van der Waals surface area contributed by atoms with Crippen LogP contribution in [-0.4, -0.2) is 22.0 Å². The number of nitrogens with one attached hydrogen (secondary N) is 1. The Morgan fingerprint density at radius 1 is 1.35 bits per heavy atom. The first-order valence-corrected chi connectivity index (χ1v) is 6.70. The van der Waals surface area contributed by atoms with Gasteiger partial charge in [-0.1, -0.05) is 24.3 Å². The summed E-state index contributed by atoms with van der Waals surface area (Å²) in [6, 6.07) is 7.76. The minimum Gasteiger partial charge on any atom is -0.355 e. The van der Waals surface area contributed by atoms with Crippen molar-refractivity contribution >= 4 is 5.91 Å². The predicted molar refractivity (Wildman–Crippen MR) is 78.0 cm³/mol. The molecule has 2 aromatic rings. The smallest absolute Gasteiger partial charge is 0.224 e. The number of hydrogen-bond donors (Lipinski definition) is 2. The molecule has 106 valence electrons. The van der Waals surface area contributed by atoms with Crippen LogP contribution in [0, 0.1) is 0 Å². The maximum atomic E-state index is 11.9. The SMILES string of the molecule is Cn1ccnc1CCNC(=O)Cc1ccccc1CN. The molecule has 0 aliphatic rings. The number of nitrogens with zero attached hydrogens (tertiary/aromatic N) is 2. The van der Waals surface area contributed by atoms with Crippen molar-refractivity contribution in [1.29, 1.82) is 0 Å². The number of carbonyl (C=O) groups excluding carboxylic acids is 1. The minimum absolute atomic E-state index is 0.0140. The lowest BCUT2D eigenvalue weighted by atomic mass is 10.0. The van der Waals surface area contributed by atoms with Gasteiger partial charge in [0.25, 0.3) is 0 Å². The predicted octanol–water partition coefficient (Wildman–Crippen LogP) is 0.780. The summed E-state index contributed by atoms with van der Waals surface area (Å²) in [7, 11) is 1.95. The molecule has 2 rings (SSSR count). The van der Waals surface area contributed by atoms with Gasteiger partial charge in [0.2, 0.25) is 5.91 Å². The van der Waals surface area contributed by atoms with Crippen LogP contribution in [0.3, 0.4) is 0 Å². The number of aryl methyl sites for hydroxylation is 1. The van der Waals surface area contributed by atoms with Gasteiger partial charge in [-0.2, -0.15) is 0 Å². The average Bonchev–Trinajstić information content (AvgIpc) is 2.85. The number of carbonyl (C=O) groups is 1. The lowest BCUT2D eigenvalue weighted by Gasteiger charge is -2.08. The number of nitrogens with two attached hydrogens (primary N) is 1. The van der Waals surface area contributed by atoms with E-state index in [0.29, 0.717) is 19.5 Å². The van der Waals surface area contributed by atoms with E-state index in [4.69, 9.17) is 5.73 Å². The van der Waals surface area contributed by atoms with Crippen LogP contribution in [0.4, 0.5) is 0 Å². The lowest BCUT2D eigenvalue weighted by molar-refractivity contribution is -0.120. The van der Waals surface area contributed by atoms with Gasteiger partial charge >= 0.3 is 0 Å². The van der Waals surface area contributed by atoms with Crippen molar-refractivity contribution in [2.45, 2.75) is 19.4 Å². The van der Waals surface area contributed by atoms with Crippen LogP contribution >= 0.6 is 0 Å². The molecule has 5 heteroatoms. The molecule has 5 nitrogen and oxygen atoms in total. The van der Waals surface area contributed by atoms with Crippen LogP contribution in [0.15, 0.2) is 36.7 Å². The Labute approximate surface area is 118 Å². The molecule has 0 atom stereocenters. The summed E-state index contributed by atoms with van der Waals surface area (Å²) in [6.45, 7) is 1.05. The van der Waals surface area contributed by atoms with Crippen LogP contribution in [0.25, 0.3) is 0 Å². The van der Waals surface area contributed by atoms with Crippen molar-refractivity contribution in [3.8, 4) is 0 Å². The van der Waals surface area contributed by atoms with Crippen molar-refractivity contribution in [3.05, 3.63) is 53.6 Å².